The van der Waals surface area contributed by atoms with Crippen molar-refractivity contribution in [2.45, 2.75) is 25.9 Å². The first-order valence-corrected chi connectivity index (χ1v) is 6.48. The summed E-state index contributed by atoms with van der Waals surface area (Å²) in [5.41, 5.74) is 0. The molecule has 7 nitrogen and oxygen atoms in total. The first-order chi connectivity index (χ1) is 9.24. The molecule has 0 N–H and O–H groups in total. The zero-order valence-corrected chi connectivity index (χ0v) is 11.1. The van der Waals surface area contributed by atoms with Crippen LogP contribution in [-0.4, -0.2) is 62.7 Å². The summed E-state index contributed by atoms with van der Waals surface area (Å²) in [4.78, 5) is 19.8. The number of nitriles is 1. The number of piperazine rings is 1. The van der Waals surface area contributed by atoms with Gasteiger partial charge in [0.2, 0.25) is 5.91 Å². The number of amides is 1. The van der Waals surface area contributed by atoms with Gasteiger partial charge in [-0.2, -0.15) is 10.4 Å². The van der Waals surface area contributed by atoms with Crippen LogP contribution in [0, 0.1) is 11.3 Å². The van der Waals surface area contributed by atoms with Gasteiger partial charge in [0, 0.05) is 26.2 Å². The standard InChI is InChI=1S/C12H18N6O/c1-2-11(7-13)16-3-5-17(6-4-16)12(19)8-18-10-14-9-15-18/h9-11H,2-6,8H2,1H3. The molecule has 0 radical (unpaired) electrons. The van der Waals surface area contributed by atoms with Crippen molar-refractivity contribution in [1.29, 1.82) is 5.26 Å². The van der Waals surface area contributed by atoms with Crippen LogP contribution >= 0.6 is 0 Å². The van der Waals surface area contributed by atoms with Crippen molar-refractivity contribution in [3.8, 4) is 6.07 Å². The molecule has 1 aromatic rings. The zero-order chi connectivity index (χ0) is 13.7. The van der Waals surface area contributed by atoms with Crippen LogP contribution < -0.4 is 0 Å². The van der Waals surface area contributed by atoms with Gasteiger partial charge in [0.05, 0.1) is 12.1 Å². The van der Waals surface area contributed by atoms with Crippen molar-refractivity contribution in [3.05, 3.63) is 12.7 Å². The highest BCUT2D eigenvalue weighted by molar-refractivity contribution is 5.76. The van der Waals surface area contributed by atoms with E-state index in [0.717, 1.165) is 19.5 Å². The van der Waals surface area contributed by atoms with E-state index >= 15 is 0 Å². The predicted molar refractivity (Wildman–Crippen MR) is 67.9 cm³/mol. The molecule has 102 valence electrons. The van der Waals surface area contributed by atoms with Crippen molar-refractivity contribution < 1.29 is 4.79 Å². The van der Waals surface area contributed by atoms with E-state index in [9.17, 15) is 4.79 Å². The first kappa shape index (κ1) is 13.5. The lowest BCUT2D eigenvalue weighted by Gasteiger charge is -2.36. The second-order valence-electron chi connectivity index (χ2n) is 4.56. The molecule has 2 heterocycles. The fourth-order valence-electron chi connectivity index (χ4n) is 2.27. The molecule has 0 saturated carbocycles. The SMILES string of the molecule is CCC(C#N)N1CCN(C(=O)Cn2cncn2)CC1. The summed E-state index contributed by atoms with van der Waals surface area (Å²) >= 11 is 0. The third kappa shape index (κ3) is 3.29. The predicted octanol–water partition coefficient (Wildman–Crippen LogP) is -0.276. The van der Waals surface area contributed by atoms with E-state index in [1.807, 2.05) is 11.8 Å². The Hall–Kier alpha value is -1.94. The maximum Gasteiger partial charge on any atom is 0.244 e. The summed E-state index contributed by atoms with van der Waals surface area (Å²) in [5.74, 6) is 0.0511. The quantitative estimate of drug-likeness (QED) is 0.746. The Labute approximate surface area is 112 Å². The van der Waals surface area contributed by atoms with Gasteiger partial charge < -0.3 is 4.90 Å². The van der Waals surface area contributed by atoms with E-state index in [1.165, 1.54) is 17.3 Å². The van der Waals surface area contributed by atoms with Crippen molar-refractivity contribution >= 4 is 5.91 Å². The number of carbonyl (C=O) groups is 1. The number of nitrogens with zero attached hydrogens (tertiary/aromatic N) is 6. The highest BCUT2D eigenvalue weighted by Crippen LogP contribution is 2.09. The Balaban J connectivity index is 1.83. The van der Waals surface area contributed by atoms with Crippen LogP contribution in [0.3, 0.4) is 0 Å². The van der Waals surface area contributed by atoms with Crippen LogP contribution in [0.1, 0.15) is 13.3 Å². The molecule has 1 aliphatic rings. The van der Waals surface area contributed by atoms with E-state index in [0.29, 0.717) is 13.1 Å². The molecule has 1 aromatic heterocycles. The van der Waals surface area contributed by atoms with Gasteiger partial charge in [-0.3, -0.25) is 9.69 Å². The molecule has 0 aromatic carbocycles. The van der Waals surface area contributed by atoms with Crippen LogP contribution in [0.15, 0.2) is 12.7 Å². The van der Waals surface area contributed by atoms with Crippen LogP contribution in [0.4, 0.5) is 0 Å². The van der Waals surface area contributed by atoms with Crippen molar-refractivity contribution in [2.24, 2.45) is 0 Å². The molecule has 1 fully saturated rings. The first-order valence-electron chi connectivity index (χ1n) is 6.48. The van der Waals surface area contributed by atoms with E-state index in [-0.39, 0.29) is 18.5 Å². The van der Waals surface area contributed by atoms with E-state index in [4.69, 9.17) is 5.26 Å². The summed E-state index contributed by atoms with van der Waals surface area (Å²) in [6.07, 6.45) is 3.78. The Kier molecular flexibility index (Phi) is 4.47. The second-order valence-corrected chi connectivity index (χ2v) is 4.56. The van der Waals surface area contributed by atoms with Gasteiger partial charge in [0.15, 0.2) is 0 Å². The fraction of sp³-hybridized carbons (Fsp3) is 0.667. The van der Waals surface area contributed by atoms with Crippen LogP contribution in [0.25, 0.3) is 0 Å². The third-order valence-electron chi connectivity index (χ3n) is 3.41. The van der Waals surface area contributed by atoms with Crippen LogP contribution in [0.5, 0.6) is 0 Å². The topological polar surface area (TPSA) is 78.0 Å². The van der Waals surface area contributed by atoms with Gasteiger partial charge in [-0.15, -0.1) is 0 Å². The molecule has 2 rings (SSSR count). The molecule has 0 spiro atoms. The molecule has 1 amide bonds. The molecular formula is C12H18N6O. The van der Waals surface area contributed by atoms with Crippen LogP contribution in [-0.2, 0) is 11.3 Å². The lowest BCUT2D eigenvalue weighted by atomic mass is 10.2. The molecule has 19 heavy (non-hydrogen) atoms. The summed E-state index contributed by atoms with van der Waals surface area (Å²) in [6.45, 7) is 5.10. The van der Waals surface area contributed by atoms with Gasteiger partial charge in [0.1, 0.15) is 19.2 Å². The zero-order valence-electron chi connectivity index (χ0n) is 11.1. The van der Waals surface area contributed by atoms with Gasteiger partial charge in [-0.1, -0.05) is 6.92 Å². The van der Waals surface area contributed by atoms with Gasteiger partial charge >= 0.3 is 0 Å². The van der Waals surface area contributed by atoms with E-state index in [1.54, 1.807) is 0 Å². The number of hydrogen-bond acceptors (Lipinski definition) is 5. The Morgan fingerprint density at radius 1 is 1.42 bits per heavy atom. The highest BCUT2D eigenvalue weighted by Gasteiger charge is 2.25. The molecule has 0 aliphatic carbocycles. The molecule has 1 unspecified atom stereocenters. The summed E-state index contributed by atoms with van der Waals surface area (Å²) in [6, 6.07) is 2.27. The summed E-state index contributed by atoms with van der Waals surface area (Å²) in [7, 11) is 0. The highest BCUT2D eigenvalue weighted by atomic mass is 16.2. The smallest absolute Gasteiger partial charge is 0.244 e. The number of aromatic nitrogens is 3. The lowest BCUT2D eigenvalue weighted by Crippen LogP contribution is -2.52. The van der Waals surface area contributed by atoms with Crippen LogP contribution in [0.2, 0.25) is 0 Å². The van der Waals surface area contributed by atoms with Gasteiger partial charge in [0.25, 0.3) is 0 Å². The minimum atomic E-state index is -0.0347. The van der Waals surface area contributed by atoms with Crippen molar-refractivity contribution in [3.63, 3.8) is 0 Å². The molecular weight excluding hydrogens is 244 g/mol. The molecule has 1 saturated heterocycles. The maximum atomic E-state index is 12.0. The average Bonchev–Trinajstić information content (AvgIpc) is 2.94. The Morgan fingerprint density at radius 3 is 2.68 bits per heavy atom. The number of carbonyl (C=O) groups excluding carboxylic acids is 1. The minimum absolute atomic E-state index is 0.0347. The monoisotopic (exact) mass is 262 g/mol. The van der Waals surface area contributed by atoms with E-state index in [2.05, 4.69) is 21.1 Å². The van der Waals surface area contributed by atoms with Gasteiger partial charge in [-0.05, 0) is 6.42 Å². The Bertz CT molecular complexity index is 443. The normalized spacial score (nSPS) is 18.0. The second kappa shape index (κ2) is 6.29. The van der Waals surface area contributed by atoms with Gasteiger partial charge in [-0.25, -0.2) is 9.67 Å². The maximum absolute atomic E-state index is 12.0. The number of rotatable bonds is 4. The number of hydrogen-bond donors (Lipinski definition) is 0. The third-order valence-corrected chi connectivity index (χ3v) is 3.41. The lowest BCUT2D eigenvalue weighted by molar-refractivity contribution is -0.134. The average molecular weight is 262 g/mol. The summed E-state index contributed by atoms with van der Waals surface area (Å²) < 4.78 is 1.53. The van der Waals surface area contributed by atoms with E-state index < -0.39 is 0 Å². The molecule has 7 heteroatoms. The molecule has 1 atom stereocenters. The Morgan fingerprint density at radius 2 is 2.16 bits per heavy atom. The molecule has 1 aliphatic heterocycles. The van der Waals surface area contributed by atoms with Crippen molar-refractivity contribution in [2.75, 3.05) is 26.2 Å². The van der Waals surface area contributed by atoms with Crippen molar-refractivity contribution in [1.82, 2.24) is 24.6 Å². The largest absolute Gasteiger partial charge is 0.339 e. The fourth-order valence-corrected chi connectivity index (χ4v) is 2.27. The summed E-state index contributed by atoms with van der Waals surface area (Å²) in [5, 5.41) is 13.0. The molecule has 0 bridgehead atoms. The minimum Gasteiger partial charge on any atom is -0.339 e.